The van der Waals surface area contributed by atoms with Crippen molar-refractivity contribution in [3.05, 3.63) is 40.7 Å². The maximum Gasteiger partial charge on any atom is 0.242 e. The van der Waals surface area contributed by atoms with Crippen molar-refractivity contribution in [1.29, 1.82) is 0 Å². The van der Waals surface area contributed by atoms with Crippen LogP contribution in [0.25, 0.3) is 0 Å². The molecule has 0 spiro atoms. The number of nitrogens with one attached hydrogen (secondary N) is 2. The van der Waals surface area contributed by atoms with Gasteiger partial charge in [-0.1, -0.05) is 6.07 Å². The van der Waals surface area contributed by atoms with E-state index in [4.69, 9.17) is 4.42 Å². The van der Waals surface area contributed by atoms with Gasteiger partial charge >= 0.3 is 0 Å². The Balaban J connectivity index is 0.00000156. The van der Waals surface area contributed by atoms with Crippen molar-refractivity contribution < 1.29 is 9.21 Å². The van der Waals surface area contributed by atoms with Gasteiger partial charge in [-0.3, -0.25) is 4.79 Å². The van der Waals surface area contributed by atoms with Crippen molar-refractivity contribution in [3.63, 3.8) is 0 Å². The average molecular weight is 400 g/mol. The van der Waals surface area contributed by atoms with E-state index in [2.05, 4.69) is 36.5 Å². The Morgan fingerprint density at radius 1 is 1.48 bits per heavy atom. The molecule has 2 aliphatic rings. The highest BCUT2D eigenvalue weighted by Gasteiger charge is 2.64. The summed E-state index contributed by atoms with van der Waals surface area (Å²) in [5.74, 6) is 1.41. The van der Waals surface area contributed by atoms with Gasteiger partial charge in [0.25, 0.3) is 0 Å². The topological polar surface area (TPSA) is 80.1 Å². The molecule has 3 atom stereocenters. The quantitative estimate of drug-likeness (QED) is 0.776. The number of anilines is 1. The van der Waals surface area contributed by atoms with Crippen LogP contribution < -0.4 is 10.6 Å². The Kier molecular flexibility index (Phi) is 4.20. The third-order valence-electron chi connectivity index (χ3n) is 4.59. The van der Waals surface area contributed by atoms with Crippen LogP contribution in [0.5, 0.6) is 0 Å². The molecular formula is C15H16BrClN4O2. The summed E-state index contributed by atoms with van der Waals surface area (Å²) in [6.45, 7) is 1.92. The highest BCUT2D eigenvalue weighted by atomic mass is 79.9. The molecule has 23 heavy (non-hydrogen) atoms. The number of hydrogen-bond donors (Lipinski definition) is 2. The minimum absolute atomic E-state index is 0. The van der Waals surface area contributed by atoms with Crippen LogP contribution in [0.2, 0.25) is 0 Å². The molecule has 0 radical (unpaired) electrons. The molecule has 1 saturated heterocycles. The molecule has 2 aromatic heterocycles. The van der Waals surface area contributed by atoms with E-state index >= 15 is 0 Å². The number of fused-ring (bicyclic) bond motifs is 1. The van der Waals surface area contributed by atoms with E-state index < -0.39 is 0 Å². The average Bonchev–Trinajstić information content (AvgIpc) is 2.92. The minimum Gasteiger partial charge on any atom is -0.448 e. The van der Waals surface area contributed by atoms with Crippen LogP contribution in [0.1, 0.15) is 24.2 Å². The number of carbonyl (C=O) groups is 1. The Morgan fingerprint density at radius 2 is 2.30 bits per heavy atom. The fraction of sp³-hybridized carbons (Fsp3) is 0.400. The first-order valence-electron chi connectivity index (χ1n) is 7.17. The van der Waals surface area contributed by atoms with Gasteiger partial charge in [0, 0.05) is 11.5 Å². The molecule has 3 heterocycles. The van der Waals surface area contributed by atoms with E-state index in [1.807, 2.05) is 19.1 Å². The third kappa shape index (κ3) is 2.77. The number of carbonyl (C=O) groups excluding carboxylic acids is 1. The van der Waals surface area contributed by atoms with Crippen LogP contribution in [0.3, 0.4) is 0 Å². The monoisotopic (exact) mass is 398 g/mol. The second kappa shape index (κ2) is 5.89. The largest absolute Gasteiger partial charge is 0.448 e. The number of amides is 1. The van der Waals surface area contributed by atoms with Crippen LogP contribution in [0.4, 0.5) is 5.82 Å². The minimum atomic E-state index is -0.232. The molecule has 1 amide bonds. The molecule has 122 valence electrons. The zero-order chi connectivity index (χ0) is 15.3. The normalized spacial score (nSPS) is 27.9. The first kappa shape index (κ1) is 16.4. The molecule has 8 heteroatoms. The lowest BCUT2D eigenvalue weighted by molar-refractivity contribution is -0.118. The Labute approximate surface area is 148 Å². The van der Waals surface area contributed by atoms with E-state index in [1.54, 1.807) is 6.20 Å². The first-order chi connectivity index (χ1) is 10.6. The number of aryl methyl sites for hydroxylation is 1. The van der Waals surface area contributed by atoms with E-state index in [9.17, 15) is 4.79 Å². The number of piperidine rings is 1. The molecule has 0 aromatic carbocycles. The van der Waals surface area contributed by atoms with E-state index in [0.717, 1.165) is 24.2 Å². The van der Waals surface area contributed by atoms with Crippen molar-refractivity contribution in [2.75, 3.05) is 5.32 Å². The second-order valence-corrected chi connectivity index (χ2v) is 6.80. The predicted molar refractivity (Wildman–Crippen MR) is 90.7 cm³/mol. The summed E-state index contributed by atoms with van der Waals surface area (Å²) in [6, 6.07) is 3.84. The van der Waals surface area contributed by atoms with Gasteiger partial charge in [0.05, 0.1) is 12.2 Å². The number of aromatic nitrogens is 2. The molecule has 2 aromatic rings. The molecule has 6 nitrogen and oxygen atoms in total. The Morgan fingerprint density at radius 3 is 3.04 bits per heavy atom. The SMILES string of the molecule is Cc1ccc(Br)nc1NC(=O)C1CC2(c3cnco3)CC2N1.Cl. The molecule has 1 aliphatic heterocycles. The van der Waals surface area contributed by atoms with Crippen LogP contribution in [0, 0.1) is 6.92 Å². The predicted octanol–water partition coefficient (Wildman–Crippen LogP) is 2.57. The molecule has 2 fully saturated rings. The van der Waals surface area contributed by atoms with E-state index in [1.165, 1.54) is 6.39 Å². The van der Waals surface area contributed by atoms with E-state index in [0.29, 0.717) is 16.5 Å². The summed E-state index contributed by atoms with van der Waals surface area (Å²) in [5, 5.41) is 6.28. The van der Waals surface area contributed by atoms with Crippen LogP contribution in [-0.2, 0) is 10.2 Å². The van der Waals surface area contributed by atoms with Gasteiger partial charge < -0.3 is 15.1 Å². The molecule has 2 N–H and O–H groups in total. The number of hydrogen-bond acceptors (Lipinski definition) is 5. The summed E-state index contributed by atoms with van der Waals surface area (Å²) < 4.78 is 6.14. The third-order valence-corrected chi connectivity index (χ3v) is 5.03. The number of rotatable bonds is 3. The van der Waals surface area contributed by atoms with Crippen LogP contribution in [0.15, 0.2) is 33.7 Å². The van der Waals surface area contributed by atoms with Crippen molar-refractivity contribution in [2.45, 2.75) is 37.3 Å². The van der Waals surface area contributed by atoms with Crippen molar-refractivity contribution in [1.82, 2.24) is 15.3 Å². The number of halogens is 2. The van der Waals surface area contributed by atoms with Crippen LogP contribution in [-0.4, -0.2) is 28.0 Å². The standard InChI is InChI=1S/C15H15BrN4O2.ClH/c1-8-2-3-12(16)19-13(8)20-14(21)9-4-15(5-10(15)18-9)11-6-17-7-22-11;/h2-3,6-7,9-10,18H,4-5H2,1H3,(H,19,20,21);1H. The highest BCUT2D eigenvalue weighted by Crippen LogP contribution is 2.56. The van der Waals surface area contributed by atoms with Gasteiger partial charge in [0.15, 0.2) is 6.39 Å². The lowest BCUT2D eigenvalue weighted by Crippen LogP contribution is -2.38. The van der Waals surface area contributed by atoms with Crippen molar-refractivity contribution in [3.8, 4) is 0 Å². The highest BCUT2D eigenvalue weighted by molar-refractivity contribution is 9.10. The summed E-state index contributed by atoms with van der Waals surface area (Å²) in [4.78, 5) is 20.8. The van der Waals surface area contributed by atoms with Gasteiger partial charge in [-0.05, 0) is 47.3 Å². The summed E-state index contributed by atoms with van der Waals surface area (Å²) in [6.07, 6.45) is 4.93. The maximum atomic E-state index is 12.5. The lowest BCUT2D eigenvalue weighted by atomic mass is 9.97. The molecule has 0 bridgehead atoms. The first-order valence-corrected chi connectivity index (χ1v) is 7.97. The molecule has 4 rings (SSSR count). The van der Waals surface area contributed by atoms with Gasteiger partial charge in [-0.25, -0.2) is 9.97 Å². The maximum absolute atomic E-state index is 12.5. The van der Waals surface area contributed by atoms with Gasteiger partial charge in [-0.15, -0.1) is 12.4 Å². The number of pyridine rings is 1. The number of oxazole rings is 1. The Bertz CT molecular complexity index is 739. The smallest absolute Gasteiger partial charge is 0.242 e. The van der Waals surface area contributed by atoms with E-state index in [-0.39, 0.29) is 29.8 Å². The second-order valence-electron chi connectivity index (χ2n) is 5.99. The van der Waals surface area contributed by atoms with Gasteiger partial charge in [0.1, 0.15) is 16.2 Å². The summed E-state index contributed by atoms with van der Waals surface area (Å²) in [5.41, 5.74) is 0.878. The fourth-order valence-corrected chi connectivity index (χ4v) is 3.56. The van der Waals surface area contributed by atoms with Crippen molar-refractivity contribution >= 4 is 40.1 Å². The molecule has 1 aliphatic carbocycles. The van der Waals surface area contributed by atoms with Crippen LogP contribution >= 0.6 is 28.3 Å². The fourth-order valence-electron chi connectivity index (χ4n) is 3.25. The summed E-state index contributed by atoms with van der Waals surface area (Å²) in [7, 11) is 0. The molecule has 3 unspecified atom stereocenters. The molecule has 1 saturated carbocycles. The van der Waals surface area contributed by atoms with Gasteiger partial charge in [-0.2, -0.15) is 0 Å². The van der Waals surface area contributed by atoms with Gasteiger partial charge in [0.2, 0.25) is 5.91 Å². The zero-order valence-corrected chi connectivity index (χ0v) is 14.8. The molecular weight excluding hydrogens is 384 g/mol. The zero-order valence-electron chi connectivity index (χ0n) is 12.4. The number of nitrogens with zero attached hydrogens (tertiary/aromatic N) is 2. The van der Waals surface area contributed by atoms with Crippen molar-refractivity contribution in [2.24, 2.45) is 0 Å². The lowest BCUT2D eigenvalue weighted by Gasteiger charge is -2.15. The Hall–Kier alpha value is -1.44. The summed E-state index contributed by atoms with van der Waals surface area (Å²) >= 11 is 3.32.